The second-order valence-electron chi connectivity index (χ2n) is 10.1. The van der Waals surface area contributed by atoms with Crippen LogP contribution >= 0.6 is 11.6 Å². The third-order valence-corrected chi connectivity index (χ3v) is 7.38. The predicted octanol–water partition coefficient (Wildman–Crippen LogP) is 4.86. The van der Waals surface area contributed by atoms with Crippen molar-refractivity contribution in [2.75, 3.05) is 29.2 Å². The third-order valence-electron chi connectivity index (χ3n) is 7.19. The number of aromatic nitrogens is 6. The van der Waals surface area contributed by atoms with Gasteiger partial charge in [0.1, 0.15) is 28.9 Å². The number of benzene rings is 2. The molecular weight excluding hydrogens is 542 g/mol. The Kier molecular flexibility index (Phi) is 7.51. The molecule has 210 valence electrons. The van der Waals surface area contributed by atoms with Crippen molar-refractivity contribution in [3.8, 4) is 11.5 Å². The molecule has 1 fully saturated rings. The first kappa shape index (κ1) is 26.7. The molecule has 11 nitrogen and oxygen atoms in total. The van der Waals surface area contributed by atoms with Crippen LogP contribution in [-0.2, 0) is 11.8 Å². The first-order valence-corrected chi connectivity index (χ1v) is 14.0. The van der Waals surface area contributed by atoms with Crippen LogP contribution in [0.5, 0.6) is 11.5 Å². The van der Waals surface area contributed by atoms with Crippen molar-refractivity contribution in [2.45, 2.75) is 32.2 Å². The van der Waals surface area contributed by atoms with Crippen molar-refractivity contribution in [3.63, 3.8) is 0 Å². The molecule has 0 spiro atoms. The Hall–Kier alpha value is -4.51. The van der Waals surface area contributed by atoms with Crippen molar-refractivity contribution >= 4 is 57.0 Å². The van der Waals surface area contributed by atoms with Crippen LogP contribution in [0.1, 0.15) is 24.8 Å². The van der Waals surface area contributed by atoms with Crippen LogP contribution in [0.2, 0.25) is 0 Å². The van der Waals surface area contributed by atoms with Gasteiger partial charge in [0.2, 0.25) is 11.9 Å². The number of piperidine rings is 1. The minimum atomic E-state index is -0.00547. The summed E-state index contributed by atoms with van der Waals surface area (Å²) in [6, 6.07) is 11.9. The molecule has 1 aliphatic rings. The Balaban J connectivity index is 1.16. The van der Waals surface area contributed by atoms with Crippen molar-refractivity contribution < 1.29 is 9.53 Å². The minimum absolute atomic E-state index is 0.00547. The van der Waals surface area contributed by atoms with Crippen molar-refractivity contribution in [3.05, 3.63) is 60.8 Å². The zero-order chi connectivity index (χ0) is 28.3. The van der Waals surface area contributed by atoms with Gasteiger partial charge in [-0.3, -0.25) is 4.79 Å². The zero-order valence-electron chi connectivity index (χ0n) is 22.8. The van der Waals surface area contributed by atoms with Gasteiger partial charge >= 0.3 is 0 Å². The fourth-order valence-electron chi connectivity index (χ4n) is 4.98. The van der Waals surface area contributed by atoms with Gasteiger partial charge < -0.3 is 24.8 Å². The maximum Gasteiger partial charge on any atom is 0.226 e. The number of hydrogen-bond donors (Lipinski definition) is 2. The molecule has 0 radical (unpaired) electrons. The van der Waals surface area contributed by atoms with Gasteiger partial charge in [0.15, 0.2) is 5.82 Å². The van der Waals surface area contributed by atoms with E-state index in [-0.39, 0.29) is 11.9 Å². The van der Waals surface area contributed by atoms with Crippen LogP contribution in [0.4, 0.5) is 17.5 Å². The molecule has 41 heavy (non-hydrogen) atoms. The molecule has 2 N–H and O–H groups in total. The van der Waals surface area contributed by atoms with Gasteiger partial charge in [-0.05, 0) is 55.7 Å². The summed E-state index contributed by atoms with van der Waals surface area (Å²) in [6.45, 7) is 3.48. The average molecular weight is 572 g/mol. The second kappa shape index (κ2) is 11.5. The number of nitrogens with zero attached hydrogens (tertiary/aromatic N) is 7. The molecule has 1 saturated heterocycles. The molecule has 12 heteroatoms. The molecule has 1 aliphatic heterocycles. The van der Waals surface area contributed by atoms with E-state index in [1.165, 1.54) is 6.33 Å². The van der Waals surface area contributed by atoms with Gasteiger partial charge in [-0.2, -0.15) is 0 Å². The summed E-state index contributed by atoms with van der Waals surface area (Å²) in [4.78, 5) is 36.6. The highest BCUT2D eigenvalue weighted by Crippen LogP contribution is 2.31. The molecule has 2 aromatic carbocycles. The molecule has 6 rings (SSSR count). The number of rotatable bonds is 8. The molecular formula is C29H30ClN9O2. The second-order valence-corrected chi connectivity index (χ2v) is 10.5. The number of nitrogens with one attached hydrogen (secondary N) is 2. The summed E-state index contributed by atoms with van der Waals surface area (Å²) in [7, 11) is 1.97. The highest BCUT2D eigenvalue weighted by Gasteiger charge is 2.23. The standard InChI is InChI=1S/C29H30ClN9O2/c1-18-13-20(3-6-25(18)41-21-4-5-24-22(14-21)34-17-38(24)2)36-28-27-23(32-16-33-28)15-31-29(37-27)39-11-8-19(9-12-39)35-26(40)7-10-30/h3-6,13-17,19H,7-12H2,1-2H3,(H,35,40)(H,32,33,36). The van der Waals surface area contributed by atoms with Crippen LogP contribution in [0.3, 0.4) is 0 Å². The third kappa shape index (κ3) is 5.85. The van der Waals surface area contributed by atoms with E-state index < -0.39 is 0 Å². The lowest BCUT2D eigenvalue weighted by molar-refractivity contribution is -0.121. The van der Waals surface area contributed by atoms with Gasteiger partial charge in [0.25, 0.3) is 0 Å². The Morgan fingerprint density at radius 3 is 2.73 bits per heavy atom. The largest absolute Gasteiger partial charge is 0.457 e. The van der Waals surface area contributed by atoms with Crippen LogP contribution in [0.25, 0.3) is 22.1 Å². The van der Waals surface area contributed by atoms with Crippen molar-refractivity contribution in [1.82, 2.24) is 34.8 Å². The maximum absolute atomic E-state index is 11.9. The molecule has 4 heterocycles. The van der Waals surface area contributed by atoms with Gasteiger partial charge in [-0.25, -0.2) is 24.9 Å². The van der Waals surface area contributed by atoms with E-state index in [0.717, 1.165) is 59.7 Å². The Morgan fingerprint density at radius 1 is 1.07 bits per heavy atom. The number of aryl methyl sites for hydroxylation is 2. The zero-order valence-corrected chi connectivity index (χ0v) is 23.6. The SMILES string of the molecule is Cc1cc(Nc2ncnc3cnc(N4CCC(NC(=O)CCCl)CC4)nc23)ccc1Oc1ccc2c(c1)ncn2C. The molecule has 0 aliphatic carbocycles. The Bertz CT molecular complexity index is 1720. The first-order chi connectivity index (χ1) is 20.0. The van der Waals surface area contributed by atoms with E-state index in [1.807, 2.05) is 54.9 Å². The van der Waals surface area contributed by atoms with Crippen LogP contribution in [0.15, 0.2) is 55.2 Å². The Morgan fingerprint density at radius 2 is 1.93 bits per heavy atom. The maximum atomic E-state index is 11.9. The number of carbonyl (C=O) groups excluding carboxylic acids is 1. The van der Waals surface area contributed by atoms with E-state index in [2.05, 4.69) is 35.5 Å². The van der Waals surface area contributed by atoms with Crippen molar-refractivity contribution in [2.24, 2.45) is 7.05 Å². The normalized spacial score (nSPS) is 14.0. The van der Waals surface area contributed by atoms with E-state index >= 15 is 0 Å². The summed E-state index contributed by atoms with van der Waals surface area (Å²) in [6.07, 6.45) is 6.98. The van der Waals surface area contributed by atoms with Gasteiger partial charge in [0.05, 0.1) is 23.6 Å². The van der Waals surface area contributed by atoms with Crippen LogP contribution in [-0.4, -0.2) is 60.4 Å². The van der Waals surface area contributed by atoms with E-state index in [4.69, 9.17) is 21.3 Å². The minimum Gasteiger partial charge on any atom is -0.457 e. The van der Waals surface area contributed by atoms with E-state index in [0.29, 0.717) is 35.1 Å². The fraction of sp³-hybridized carbons (Fsp3) is 0.310. The molecule has 0 unspecified atom stereocenters. The summed E-state index contributed by atoms with van der Waals surface area (Å²) >= 11 is 5.68. The lowest BCUT2D eigenvalue weighted by Crippen LogP contribution is -2.45. The quantitative estimate of drug-likeness (QED) is 0.251. The number of ether oxygens (including phenoxy) is 1. The van der Waals surface area contributed by atoms with Crippen LogP contribution in [0, 0.1) is 6.92 Å². The summed E-state index contributed by atoms with van der Waals surface area (Å²) < 4.78 is 8.14. The van der Waals surface area contributed by atoms with Crippen molar-refractivity contribution in [1.29, 1.82) is 0 Å². The monoisotopic (exact) mass is 571 g/mol. The van der Waals surface area contributed by atoms with Gasteiger partial charge in [0, 0.05) is 50.2 Å². The van der Waals surface area contributed by atoms with Gasteiger partial charge in [-0.1, -0.05) is 0 Å². The first-order valence-electron chi connectivity index (χ1n) is 13.5. The molecule has 5 aromatic rings. The lowest BCUT2D eigenvalue weighted by Gasteiger charge is -2.32. The topological polar surface area (TPSA) is 123 Å². The lowest BCUT2D eigenvalue weighted by atomic mass is 10.1. The molecule has 0 saturated carbocycles. The number of carbonyl (C=O) groups is 1. The smallest absolute Gasteiger partial charge is 0.226 e. The molecule has 0 atom stereocenters. The molecule has 0 bridgehead atoms. The number of imidazole rings is 1. The summed E-state index contributed by atoms with van der Waals surface area (Å²) in [5.74, 6) is 3.02. The molecule has 1 amide bonds. The number of alkyl halides is 1. The summed E-state index contributed by atoms with van der Waals surface area (Å²) in [5, 5.41) is 6.44. The van der Waals surface area contributed by atoms with E-state index in [9.17, 15) is 4.79 Å². The number of halogens is 1. The average Bonchev–Trinajstić information content (AvgIpc) is 3.34. The number of anilines is 3. The highest BCUT2D eigenvalue weighted by molar-refractivity contribution is 6.18. The Labute approximate surface area is 242 Å². The number of amides is 1. The fourth-order valence-corrected chi connectivity index (χ4v) is 5.15. The van der Waals surface area contributed by atoms with Crippen LogP contribution < -0.4 is 20.3 Å². The van der Waals surface area contributed by atoms with E-state index in [1.54, 1.807) is 12.5 Å². The van der Waals surface area contributed by atoms with Gasteiger partial charge in [-0.15, -0.1) is 11.6 Å². The predicted molar refractivity (Wildman–Crippen MR) is 159 cm³/mol. The number of hydrogen-bond acceptors (Lipinski definition) is 9. The number of fused-ring (bicyclic) bond motifs is 2. The summed E-state index contributed by atoms with van der Waals surface area (Å²) in [5.41, 5.74) is 5.03. The molecule has 3 aromatic heterocycles. The highest BCUT2D eigenvalue weighted by atomic mass is 35.5.